The fourth-order valence-corrected chi connectivity index (χ4v) is 1.11. The molecular weight excluding hydrogens is 214 g/mol. The van der Waals surface area contributed by atoms with E-state index < -0.39 is 5.97 Å². The van der Waals surface area contributed by atoms with E-state index in [0.29, 0.717) is 5.57 Å². The number of carboxylic acid groups (broad SMARTS) is 1. The average molecular weight is 225 g/mol. The second-order valence-electron chi connectivity index (χ2n) is 3.18. The van der Waals surface area contributed by atoms with Crippen molar-refractivity contribution in [1.82, 2.24) is 0 Å². The molecule has 1 aromatic rings. The number of benzene rings is 1. The highest BCUT2D eigenvalue weighted by atomic mass is 16.4. The van der Waals surface area contributed by atoms with Gasteiger partial charge in [0.25, 0.3) is 0 Å². The van der Waals surface area contributed by atoms with Crippen LogP contribution in [0.25, 0.3) is 6.08 Å². The van der Waals surface area contributed by atoms with Crippen LogP contribution in [0.5, 0.6) is 0 Å². The molecule has 0 amide bonds. The summed E-state index contributed by atoms with van der Waals surface area (Å²) in [6.07, 6.45) is 7.20. The Morgan fingerprint density at radius 2 is 1.94 bits per heavy atom. The molecule has 3 heteroatoms. The summed E-state index contributed by atoms with van der Waals surface area (Å²) in [6.45, 7) is 0. The van der Waals surface area contributed by atoms with Crippen molar-refractivity contribution in [3.63, 3.8) is 0 Å². The summed E-state index contributed by atoms with van der Waals surface area (Å²) >= 11 is 0. The first kappa shape index (κ1) is 12.5. The summed E-state index contributed by atoms with van der Waals surface area (Å²) in [4.78, 5) is 10.2. The first-order valence-corrected chi connectivity index (χ1v) is 4.97. The lowest BCUT2D eigenvalue weighted by Gasteiger charge is -1.90. The lowest BCUT2D eigenvalue weighted by atomic mass is 10.1. The van der Waals surface area contributed by atoms with Gasteiger partial charge >= 0.3 is 5.97 Å². The van der Waals surface area contributed by atoms with E-state index in [4.69, 9.17) is 10.4 Å². The summed E-state index contributed by atoms with van der Waals surface area (Å²) in [6, 6.07) is 11.5. The van der Waals surface area contributed by atoms with Crippen LogP contribution in [0.3, 0.4) is 0 Å². The highest BCUT2D eigenvalue weighted by Gasteiger charge is 1.88. The third kappa shape index (κ3) is 5.14. The molecule has 3 nitrogen and oxygen atoms in total. The highest BCUT2D eigenvalue weighted by molar-refractivity contribution is 5.80. The zero-order valence-corrected chi connectivity index (χ0v) is 9.08. The summed E-state index contributed by atoms with van der Waals surface area (Å²) in [5, 5.41) is 17.2. The van der Waals surface area contributed by atoms with Crippen LogP contribution in [-0.2, 0) is 4.79 Å². The van der Waals surface area contributed by atoms with Crippen LogP contribution in [0, 0.1) is 11.3 Å². The van der Waals surface area contributed by atoms with Crippen LogP contribution in [0.1, 0.15) is 5.56 Å². The molecular formula is C14H11NO2. The number of carboxylic acids is 1. The quantitative estimate of drug-likeness (QED) is 0.487. The van der Waals surface area contributed by atoms with Crippen molar-refractivity contribution in [2.45, 2.75) is 0 Å². The van der Waals surface area contributed by atoms with Gasteiger partial charge in [-0.25, -0.2) is 4.79 Å². The molecule has 84 valence electrons. The molecule has 1 N–H and O–H groups in total. The van der Waals surface area contributed by atoms with Gasteiger partial charge in [0.05, 0.1) is 11.6 Å². The number of nitrogens with zero attached hydrogens (tertiary/aromatic N) is 1. The first-order valence-electron chi connectivity index (χ1n) is 4.97. The zero-order valence-electron chi connectivity index (χ0n) is 9.08. The van der Waals surface area contributed by atoms with Crippen LogP contribution in [-0.4, -0.2) is 11.1 Å². The number of rotatable bonds is 4. The normalized spacial score (nSPS) is 11.8. The van der Waals surface area contributed by atoms with Gasteiger partial charge in [-0.1, -0.05) is 42.5 Å². The highest BCUT2D eigenvalue weighted by Crippen LogP contribution is 2.04. The molecule has 0 radical (unpaired) electrons. The molecule has 0 aliphatic heterocycles. The molecule has 17 heavy (non-hydrogen) atoms. The molecule has 0 heterocycles. The lowest BCUT2D eigenvalue weighted by molar-refractivity contribution is -0.131. The summed E-state index contributed by atoms with van der Waals surface area (Å²) in [5.74, 6) is -1.04. The van der Waals surface area contributed by atoms with Crippen molar-refractivity contribution >= 4 is 12.0 Å². The van der Waals surface area contributed by atoms with Crippen molar-refractivity contribution in [2.75, 3.05) is 0 Å². The maximum atomic E-state index is 10.2. The van der Waals surface area contributed by atoms with Crippen molar-refractivity contribution in [3.8, 4) is 6.07 Å². The Labute approximate surface area is 99.6 Å². The Bertz CT molecular complexity index is 505. The molecule has 1 rings (SSSR count). The van der Waals surface area contributed by atoms with Gasteiger partial charge in [0, 0.05) is 6.08 Å². The van der Waals surface area contributed by atoms with Gasteiger partial charge in [0.15, 0.2) is 0 Å². The van der Waals surface area contributed by atoms with Crippen LogP contribution >= 0.6 is 0 Å². The first-order chi connectivity index (χ1) is 8.22. The van der Waals surface area contributed by atoms with E-state index in [0.717, 1.165) is 11.6 Å². The van der Waals surface area contributed by atoms with E-state index in [1.54, 1.807) is 12.2 Å². The molecule has 1 aromatic carbocycles. The molecule has 0 aromatic heterocycles. The van der Waals surface area contributed by atoms with Gasteiger partial charge in [-0.15, -0.1) is 0 Å². The maximum absolute atomic E-state index is 10.2. The Kier molecular flexibility index (Phi) is 4.99. The number of carbonyl (C=O) groups is 1. The van der Waals surface area contributed by atoms with Crippen LogP contribution in [0.2, 0.25) is 0 Å². The topological polar surface area (TPSA) is 61.1 Å². The summed E-state index contributed by atoms with van der Waals surface area (Å²) < 4.78 is 0. The van der Waals surface area contributed by atoms with Gasteiger partial charge < -0.3 is 5.11 Å². The molecule has 0 saturated carbocycles. The van der Waals surface area contributed by atoms with Crippen molar-refractivity contribution in [3.05, 3.63) is 65.8 Å². The Morgan fingerprint density at radius 1 is 1.24 bits per heavy atom. The predicted octanol–water partition coefficient (Wildman–Crippen LogP) is 2.79. The number of nitriles is 1. The van der Waals surface area contributed by atoms with Crippen molar-refractivity contribution < 1.29 is 9.90 Å². The third-order valence-corrected chi connectivity index (χ3v) is 1.90. The summed E-state index contributed by atoms with van der Waals surface area (Å²) in [7, 11) is 0. The van der Waals surface area contributed by atoms with E-state index in [2.05, 4.69) is 0 Å². The zero-order chi connectivity index (χ0) is 12.5. The lowest BCUT2D eigenvalue weighted by Crippen LogP contribution is -1.84. The Balaban J connectivity index is 2.75. The standard InChI is InChI=1S/C14H11NO2/c15-11-13(7-4-8-14(16)17)10-9-12-5-2-1-3-6-12/h1-10H,(H,16,17). The number of hydrogen-bond donors (Lipinski definition) is 1. The fraction of sp³-hybridized carbons (Fsp3) is 0. The minimum Gasteiger partial charge on any atom is -0.478 e. The minimum absolute atomic E-state index is 0.395. The molecule has 0 bridgehead atoms. The molecule has 0 spiro atoms. The van der Waals surface area contributed by atoms with Gasteiger partial charge in [0.1, 0.15) is 0 Å². The number of allylic oxidation sites excluding steroid dienone is 4. The van der Waals surface area contributed by atoms with Crippen molar-refractivity contribution in [2.24, 2.45) is 0 Å². The SMILES string of the molecule is N#CC(C=Cc1ccccc1)=CC=CC(=O)O. The molecule has 0 atom stereocenters. The fourth-order valence-electron chi connectivity index (χ4n) is 1.11. The molecule has 0 saturated heterocycles. The van der Waals surface area contributed by atoms with Gasteiger partial charge in [-0.2, -0.15) is 5.26 Å². The molecule has 0 aliphatic carbocycles. The molecule has 0 unspecified atom stereocenters. The number of aliphatic carboxylic acids is 1. The monoisotopic (exact) mass is 225 g/mol. The predicted molar refractivity (Wildman–Crippen MR) is 65.9 cm³/mol. The smallest absolute Gasteiger partial charge is 0.328 e. The van der Waals surface area contributed by atoms with Crippen LogP contribution < -0.4 is 0 Å². The largest absolute Gasteiger partial charge is 0.478 e. The Morgan fingerprint density at radius 3 is 2.53 bits per heavy atom. The van der Waals surface area contributed by atoms with E-state index in [1.165, 1.54) is 12.2 Å². The van der Waals surface area contributed by atoms with E-state index in [-0.39, 0.29) is 0 Å². The number of hydrogen-bond acceptors (Lipinski definition) is 2. The van der Waals surface area contributed by atoms with E-state index >= 15 is 0 Å². The van der Waals surface area contributed by atoms with Crippen LogP contribution in [0.15, 0.2) is 60.2 Å². The Hall–Kier alpha value is -2.60. The minimum atomic E-state index is -1.04. The van der Waals surface area contributed by atoms with Crippen LogP contribution in [0.4, 0.5) is 0 Å². The van der Waals surface area contributed by atoms with E-state index in [9.17, 15) is 4.79 Å². The van der Waals surface area contributed by atoms with Gasteiger partial charge in [-0.05, 0) is 17.7 Å². The average Bonchev–Trinajstić information content (AvgIpc) is 2.34. The van der Waals surface area contributed by atoms with E-state index in [1.807, 2.05) is 36.4 Å². The van der Waals surface area contributed by atoms with Crippen molar-refractivity contribution in [1.29, 1.82) is 5.26 Å². The second kappa shape index (κ2) is 6.81. The molecule has 0 fully saturated rings. The molecule has 0 aliphatic rings. The summed E-state index contributed by atoms with van der Waals surface area (Å²) in [5.41, 5.74) is 1.38. The van der Waals surface area contributed by atoms with Gasteiger partial charge in [0.2, 0.25) is 0 Å². The van der Waals surface area contributed by atoms with Gasteiger partial charge in [-0.3, -0.25) is 0 Å². The second-order valence-corrected chi connectivity index (χ2v) is 3.18. The maximum Gasteiger partial charge on any atom is 0.328 e. The third-order valence-electron chi connectivity index (χ3n) is 1.90.